The zero-order valence-electron chi connectivity index (χ0n) is 18.8. The van der Waals surface area contributed by atoms with Crippen LogP contribution in [0.1, 0.15) is 51.0 Å². The molecule has 3 heterocycles. The van der Waals surface area contributed by atoms with Crippen molar-refractivity contribution in [3.8, 4) is 0 Å². The molecule has 32 heavy (non-hydrogen) atoms. The number of rotatable bonds is 5. The smallest absolute Gasteiger partial charge is 0.245 e. The largest absolute Gasteiger partial charge is 0.371 e. The first-order valence-electron chi connectivity index (χ1n) is 12.2. The number of anilines is 1. The first-order chi connectivity index (χ1) is 15.6. The van der Waals surface area contributed by atoms with E-state index in [-0.39, 0.29) is 18.0 Å². The SMILES string of the molecule is CCC1N=C2C=CC(Cl)=CN2C1C(=O)NCc1ccc(N2CCC3CCCCC3C2)cc1. The van der Waals surface area contributed by atoms with Gasteiger partial charge < -0.3 is 15.1 Å². The number of hydrogen-bond donors (Lipinski definition) is 1. The second kappa shape index (κ2) is 9.30. The highest BCUT2D eigenvalue weighted by Gasteiger charge is 2.39. The maximum atomic E-state index is 13.1. The molecule has 0 spiro atoms. The molecule has 6 heteroatoms. The number of fused-ring (bicyclic) bond motifs is 2. The van der Waals surface area contributed by atoms with Gasteiger partial charge in [-0.3, -0.25) is 9.79 Å². The lowest BCUT2D eigenvalue weighted by atomic mass is 9.75. The molecule has 1 amide bonds. The number of carbonyl (C=O) groups excluding carboxylic acids is 1. The highest BCUT2D eigenvalue weighted by atomic mass is 35.5. The fraction of sp³-hybridized carbons (Fsp3) is 0.538. The van der Waals surface area contributed by atoms with Gasteiger partial charge in [-0.25, -0.2) is 0 Å². The number of amidine groups is 1. The Morgan fingerprint density at radius 2 is 1.91 bits per heavy atom. The van der Waals surface area contributed by atoms with E-state index in [0.717, 1.165) is 29.7 Å². The maximum Gasteiger partial charge on any atom is 0.245 e. The first-order valence-corrected chi connectivity index (χ1v) is 12.5. The molecular formula is C26H33ClN4O. The molecule has 1 saturated heterocycles. The lowest BCUT2D eigenvalue weighted by Crippen LogP contribution is -2.48. The third-order valence-electron chi connectivity index (χ3n) is 7.63. The monoisotopic (exact) mass is 452 g/mol. The van der Waals surface area contributed by atoms with Gasteiger partial charge in [-0.2, -0.15) is 0 Å². The number of hydrogen-bond acceptors (Lipinski definition) is 4. The zero-order chi connectivity index (χ0) is 22.1. The van der Waals surface area contributed by atoms with Crippen molar-refractivity contribution in [2.75, 3.05) is 18.0 Å². The minimum Gasteiger partial charge on any atom is -0.371 e. The lowest BCUT2D eigenvalue weighted by molar-refractivity contribution is -0.124. The van der Waals surface area contributed by atoms with Crippen molar-refractivity contribution in [3.05, 3.63) is 53.2 Å². The number of piperidine rings is 1. The lowest BCUT2D eigenvalue weighted by Gasteiger charge is -2.42. The standard InChI is InChI=1S/C26H33ClN4O/c1-2-23-25(31-17-21(27)9-12-24(31)29-23)26(32)28-15-18-7-10-22(11-8-18)30-14-13-19-5-3-4-6-20(19)16-30/h7-12,17,19-20,23,25H,2-6,13-16H2,1H3,(H,28,32). The molecule has 0 bridgehead atoms. The summed E-state index contributed by atoms with van der Waals surface area (Å²) >= 11 is 6.18. The molecule has 2 fully saturated rings. The molecule has 3 aliphatic heterocycles. The Bertz CT molecular complexity index is 938. The van der Waals surface area contributed by atoms with E-state index >= 15 is 0 Å². The molecule has 4 atom stereocenters. The van der Waals surface area contributed by atoms with Gasteiger partial charge in [0.1, 0.15) is 11.9 Å². The van der Waals surface area contributed by atoms with Crippen LogP contribution in [-0.4, -0.2) is 41.8 Å². The number of carbonyl (C=O) groups is 1. The van der Waals surface area contributed by atoms with Crippen molar-refractivity contribution in [1.82, 2.24) is 10.2 Å². The topological polar surface area (TPSA) is 47.9 Å². The molecule has 5 nitrogen and oxygen atoms in total. The Balaban J connectivity index is 1.18. The second-order valence-corrected chi connectivity index (χ2v) is 10.0. The second-order valence-electron chi connectivity index (χ2n) is 9.59. The Morgan fingerprint density at radius 1 is 1.12 bits per heavy atom. The van der Waals surface area contributed by atoms with Gasteiger partial charge in [0.25, 0.3) is 0 Å². The average molecular weight is 453 g/mol. The van der Waals surface area contributed by atoms with Crippen molar-refractivity contribution in [2.24, 2.45) is 16.8 Å². The van der Waals surface area contributed by atoms with E-state index in [4.69, 9.17) is 16.6 Å². The number of allylic oxidation sites excluding steroid dienone is 2. The van der Waals surface area contributed by atoms with Gasteiger partial charge in [-0.15, -0.1) is 0 Å². The minimum absolute atomic E-state index is 0.00457. The van der Waals surface area contributed by atoms with Crippen molar-refractivity contribution >= 4 is 29.0 Å². The number of nitrogens with one attached hydrogen (secondary N) is 1. The van der Waals surface area contributed by atoms with Crippen molar-refractivity contribution in [2.45, 2.75) is 64.1 Å². The predicted octanol–water partition coefficient (Wildman–Crippen LogP) is 4.83. The Hall–Kier alpha value is -2.27. The van der Waals surface area contributed by atoms with Crippen LogP contribution in [0, 0.1) is 11.8 Å². The van der Waals surface area contributed by atoms with E-state index in [2.05, 4.69) is 41.4 Å². The summed E-state index contributed by atoms with van der Waals surface area (Å²) < 4.78 is 0. The van der Waals surface area contributed by atoms with Gasteiger partial charge in [-0.05, 0) is 60.9 Å². The predicted molar refractivity (Wildman–Crippen MR) is 131 cm³/mol. The van der Waals surface area contributed by atoms with Crippen molar-refractivity contribution < 1.29 is 4.79 Å². The summed E-state index contributed by atoms with van der Waals surface area (Å²) in [5, 5.41) is 3.74. The fourth-order valence-electron chi connectivity index (χ4n) is 5.81. The average Bonchev–Trinajstić information content (AvgIpc) is 3.20. The minimum atomic E-state index is -0.343. The molecule has 4 aliphatic rings. The quantitative estimate of drug-likeness (QED) is 0.696. The molecule has 1 N–H and O–H groups in total. The van der Waals surface area contributed by atoms with E-state index in [1.54, 1.807) is 0 Å². The van der Waals surface area contributed by atoms with Crippen LogP contribution in [0.2, 0.25) is 0 Å². The maximum absolute atomic E-state index is 13.1. The molecule has 1 aliphatic carbocycles. The third kappa shape index (κ3) is 4.32. The van der Waals surface area contributed by atoms with Crippen LogP contribution in [0.5, 0.6) is 0 Å². The summed E-state index contributed by atoms with van der Waals surface area (Å²) in [4.78, 5) is 22.2. The Labute approximate surface area is 196 Å². The van der Waals surface area contributed by atoms with Gasteiger partial charge in [0, 0.05) is 31.5 Å². The van der Waals surface area contributed by atoms with Crippen LogP contribution in [-0.2, 0) is 11.3 Å². The summed E-state index contributed by atoms with van der Waals surface area (Å²) in [6.45, 7) is 4.95. The van der Waals surface area contributed by atoms with Crippen LogP contribution in [0.25, 0.3) is 0 Å². The molecule has 5 rings (SSSR count). The third-order valence-corrected chi connectivity index (χ3v) is 7.85. The number of benzene rings is 1. The first kappa shape index (κ1) is 21.6. The molecule has 0 radical (unpaired) electrons. The Kier molecular flexibility index (Phi) is 6.27. The Morgan fingerprint density at radius 3 is 2.69 bits per heavy atom. The highest BCUT2D eigenvalue weighted by molar-refractivity contribution is 6.32. The number of aliphatic imine (C=N–C) groups is 1. The van der Waals surface area contributed by atoms with E-state index in [1.807, 2.05) is 23.3 Å². The molecular weight excluding hydrogens is 420 g/mol. The van der Waals surface area contributed by atoms with Gasteiger partial charge in [-0.1, -0.05) is 49.9 Å². The molecule has 1 saturated carbocycles. The fourth-order valence-corrected chi connectivity index (χ4v) is 5.98. The van der Waals surface area contributed by atoms with Gasteiger partial charge >= 0.3 is 0 Å². The summed E-state index contributed by atoms with van der Waals surface area (Å²) in [6, 6.07) is 8.33. The summed E-state index contributed by atoms with van der Waals surface area (Å²) in [5.74, 6) is 2.62. The van der Waals surface area contributed by atoms with Crippen LogP contribution in [0.3, 0.4) is 0 Å². The molecule has 1 aromatic rings. The number of halogens is 1. The van der Waals surface area contributed by atoms with Crippen LogP contribution in [0.4, 0.5) is 5.69 Å². The van der Waals surface area contributed by atoms with Gasteiger partial charge in [0.15, 0.2) is 0 Å². The normalized spacial score (nSPS) is 29.2. The van der Waals surface area contributed by atoms with E-state index in [1.165, 1.54) is 50.9 Å². The van der Waals surface area contributed by atoms with E-state index < -0.39 is 0 Å². The number of nitrogens with zero attached hydrogens (tertiary/aromatic N) is 3. The van der Waals surface area contributed by atoms with Crippen LogP contribution >= 0.6 is 11.6 Å². The van der Waals surface area contributed by atoms with Crippen LogP contribution in [0.15, 0.2) is 52.6 Å². The molecule has 1 aromatic carbocycles. The summed E-state index contributed by atoms with van der Waals surface area (Å²) in [6.07, 6.45) is 13.3. The van der Waals surface area contributed by atoms with Gasteiger partial charge in [0.05, 0.1) is 11.1 Å². The summed E-state index contributed by atoms with van der Waals surface area (Å²) in [5.41, 5.74) is 2.43. The van der Waals surface area contributed by atoms with E-state index in [9.17, 15) is 4.79 Å². The summed E-state index contributed by atoms with van der Waals surface area (Å²) in [7, 11) is 0. The van der Waals surface area contributed by atoms with Crippen LogP contribution < -0.4 is 10.2 Å². The van der Waals surface area contributed by atoms with Crippen molar-refractivity contribution in [1.29, 1.82) is 0 Å². The zero-order valence-corrected chi connectivity index (χ0v) is 19.6. The van der Waals surface area contributed by atoms with Crippen molar-refractivity contribution in [3.63, 3.8) is 0 Å². The highest BCUT2D eigenvalue weighted by Crippen LogP contribution is 2.37. The van der Waals surface area contributed by atoms with Gasteiger partial charge in [0.2, 0.25) is 5.91 Å². The van der Waals surface area contributed by atoms with E-state index in [0.29, 0.717) is 11.6 Å². The molecule has 4 unspecified atom stereocenters. The number of amides is 1. The molecule has 0 aromatic heterocycles. The molecule has 170 valence electrons.